The largest absolute Gasteiger partial charge is 0.326 e. The van der Waals surface area contributed by atoms with E-state index in [2.05, 4.69) is 20.8 Å². The molecule has 2 aromatic rings. The van der Waals surface area contributed by atoms with Crippen LogP contribution >= 0.6 is 35.1 Å². The smallest absolute Gasteiger partial charge is 0.225 e. The topological polar surface area (TPSA) is 71.8 Å². The van der Waals surface area contributed by atoms with Gasteiger partial charge in [0.1, 0.15) is 6.33 Å². The molecular weight excluding hydrogens is 366 g/mol. The van der Waals surface area contributed by atoms with E-state index in [1.165, 1.54) is 11.8 Å². The summed E-state index contributed by atoms with van der Waals surface area (Å²) in [5.41, 5.74) is 0.704. The average Bonchev–Trinajstić information content (AvgIpc) is 2.96. The van der Waals surface area contributed by atoms with Gasteiger partial charge in [-0.25, -0.2) is 0 Å². The molecule has 1 aromatic carbocycles. The number of thioether (sulfide) groups is 1. The lowest BCUT2D eigenvalue weighted by atomic mass is 10.2. The number of nitrogens with one attached hydrogen (secondary N) is 2. The second-order valence-electron chi connectivity index (χ2n) is 5.45. The maximum Gasteiger partial charge on any atom is 0.225 e. The minimum Gasteiger partial charge on any atom is -0.326 e. The van der Waals surface area contributed by atoms with Gasteiger partial charge in [0.2, 0.25) is 5.91 Å². The van der Waals surface area contributed by atoms with Crippen molar-refractivity contribution >= 4 is 46.7 Å². The van der Waals surface area contributed by atoms with Gasteiger partial charge in [-0.2, -0.15) is 11.8 Å². The predicted molar refractivity (Wildman–Crippen MR) is 98.9 cm³/mol. The van der Waals surface area contributed by atoms with Gasteiger partial charge >= 0.3 is 0 Å². The second kappa shape index (κ2) is 8.24. The van der Waals surface area contributed by atoms with E-state index >= 15 is 0 Å². The second-order valence-corrected chi connectivity index (χ2v) is 8.02. The molecule has 0 radical (unpaired) electrons. The Bertz CT molecular complexity index is 718. The molecular formula is C15H18ClN5OS2. The van der Waals surface area contributed by atoms with Crippen LogP contribution in [0.1, 0.15) is 6.42 Å². The molecule has 0 bridgehead atoms. The third-order valence-electron chi connectivity index (χ3n) is 3.52. The van der Waals surface area contributed by atoms with E-state index in [0.29, 0.717) is 17.1 Å². The molecule has 9 heteroatoms. The molecule has 3 rings (SSSR count). The molecule has 1 aromatic heterocycles. The minimum absolute atomic E-state index is 0.000212. The number of hydrogen-bond donors (Lipinski definition) is 2. The summed E-state index contributed by atoms with van der Waals surface area (Å²) in [6, 6.07) is 5.74. The number of rotatable bonds is 5. The number of aromatic nitrogens is 3. The van der Waals surface area contributed by atoms with Crippen LogP contribution in [0, 0.1) is 0 Å². The molecule has 0 aliphatic carbocycles. The van der Waals surface area contributed by atoms with Crippen LogP contribution in [0.25, 0.3) is 0 Å². The first-order valence-electron chi connectivity index (χ1n) is 7.54. The zero-order valence-corrected chi connectivity index (χ0v) is 15.5. The lowest BCUT2D eigenvalue weighted by Crippen LogP contribution is -2.39. The summed E-state index contributed by atoms with van der Waals surface area (Å²) in [4.78, 5) is 13.0. The van der Waals surface area contributed by atoms with E-state index in [-0.39, 0.29) is 11.9 Å². The van der Waals surface area contributed by atoms with Crippen LogP contribution in [0.2, 0.25) is 5.02 Å². The van der Waals surface area contributed by atoms with E-state index in [1.54, 1.807) is 12.4 Å². The van der Waals surface area contributed by atoms with Crippen molar-refractivity contribution in [2.75, 3.05) is 23.4 Å². The van der Waals surface area contributed by atoms with Gasteiger partial charge in [-0.05, 0) is 30.0 Å². The standard InChI is InChI=1S/C15H18ClN5OS2/c1-21-9-18-20-15(21)24-13-3-2-10(6-12(13)16)19-14(22)7-11-8-23-5-4-17-11/h2-3,6,9,11,17H,4-5,7-8H2,1H3,(H,19,22). The number of carbonyl (C=O) groups is 1. The summed E-state index contributed by atoms with van der Waals surface area (Å²) < 4.78 is 1.83. The molecule has 1 saturated heterocycles. The van der Waals surface area contributed by atoms with Crippen LogP contribution in [-0.2, 0) is 11.8 Å². The SMILES string of the molecule is Cn1cnnc1Sc1ccc(NC(=O)CC2CSCCN2)cc1Cl. The third-order valence-corrected chi connectivity index (χ3v) is 6.20. The fourth-order valence-corrected chi connectivity index (χ4v) is 4.33. The Hall–Kier alpha value is -1.22. The van der Waals surface area contributed by atoms with Crippen molar-refractivity contribution in [3.05, 3.63) is 29.5 Å². The summed E-state index contributed by atoms with van der Waals surface area (Å²) >= 11 is 9.64. The molecule has 1 unspecified atom stereocenters. The van der Waals surface area contributed by atoms with Crippen molar-refractivity contribution in [1.82, 2.24) is 20.1 Å². The first-order chi connectivity index (χ1) is 11.6. The Kier molecular flexibility index (Phi) is 6.04. The van der Waals surface area contributed by atoms with Crippen LogP contribution in [0.5, 0.6) is 0 Å². The quantitative estimate of drug-likeness (QED) is 0.827. The zero-order valence-electron chi connectivity index (χ0n) is 13.2. The first-order valence-corrected chi connectivity index (χ1v) is 9.89. The van der Waals surface area contributed by atoms with Crippen molar-refractivity contribution in [3.8, 4) is 0 Å². The molecule has 1 amide bonds. The zero-order chi connectivity index (χ0) is 16.9. The van der Waals surface area contributed by atoms with Crippen LogP contribution < -0.4 is 10.6 Å². The number of anilines is 1. The Morgan fingerprint density at radius 3 is 3.12 bits per heavy atom. The normalized spacial score (nSPS) is 17.7. The molecule has 1 atom stereocenters. The highest BCUT2D eigenvalue weighted by Crippen LogP contribution is 2.33. The molecule has 0 saturated carbocycles. The van der Waals surface area contributed by atoms with Gasteiger partial charge < -0.3 is 15.2 Å². The Morgan fingerprint density at radius 1 is 1.58 bits per heavy atom. The predicted octanol–water partition coefficient (Wildman–Crippen LogP) is 2.65. The van der Waals surface area contributed by atoms with Gasteiger partial charge in [0.25, 0.3) is 0 Å². The summed E-state index contributed by atoms with van der Waals surface area (Å²) in [5.74, 6) is 2.08. The third kappa shape index (κ3) is 4.66. The van der Waals surface area contributed by atoms with Crippen LogP contribution in [0.3, 0.4) is 0 Å². The minimum atomic E-state index is -0.000212. The molecule has 2 N–H and O–H groups in total. The molecule has 2 heterocycles. The molecule has 1 aliphatic heterocycles. The Labute approximate surface area is 154 Å². The van der Waals surface area contributed by atoms with Crippen molar-refractivity contribution in [1.29, 1.82) is 0 Å². The van der Waals surface area contributed by atoms with E-state index in [4.69, 9.17) is 11.6 Å². The summed E-state index contributed by atoms with van der Waals surface area (Å²) in [6.45, 7) is 0.961. The van der Waals surface area contributed by atoms with E-state index < -0.39 is 0 Å². The number of benzene rings is 1. The number of halogens is 1. The highest BCUT2D eigenvalue weighted by atomic mass is 35.5. The van der Waals surface area contributed by atoms with Crippen molar-refractivity contribution in [3.63, 3.8) is 0 Å². The van der Waals surface area contributed by atoms with Gasteiger partial charge in [0.15, 0.2) is 5.16 Å². The van der Waals surface area contributed by atoms with E-state index in [1.807, 2.05) is 35.5 Å². The fraction of sp³-hybridized carbons (Fsp3) is 0.400. The maximum absolute atomic E-state index is 12.1. The van der Waals surface area contributed by atoms with Crippen LogP contribution in [0.4, 0.5) is 5.69 Å². The monoisotopic (exact) mass is 383 g/mol. The number of hydrogen-bond acceptors (Lipinski definition) is 6. The van der Waals surface area contributed by atoms with E-state index in [0.717, 1.165) is 28.1 Å². The van der Waals surface area contributed by atoms with Crippen molar-refractivity contribution in [2.45, 2.75) is 22.5 Å². The lowest BCUT2D eigenvalue weighted by molar-refractivity contribution is -0.116. The Morgan fingerprint density at radius 2 is 2.46 bits per heavy atom. The average molecular weight is 384 g/mol. The molecule has 24 heavy (non-hydrogen) atoms. The summed E-state index contributed by atoms with van der Waals surface area (Å²) in [5, 5.41) is 15.5. The molecule has 1 aliphatic rings. The van der Waals surface area contributed by atoms with Gasteiger partial charge in [-0.3, -0.25) is 4.79 Å². The van der Waals surface area contributed by atoms with Crippen LogP contribution in [0.15, 0.2) is 34.6 Å². The molecule has 0 spiro atoms. The number of amides is 1. The van der Waals surface area contributed by atoms with Crippen molar-refractivity contribution < 1.29 is 4.79 Å². The van der Waals surface area contributed by atoms with Gasteiger partial charge in [0, 0.05) is 48.1 Å². The highest BCUT2D eigenvalue weighted by Gasteiger charge is 2.17. The van der Waals surface area contributed by atoms with E-state index in [9.17, 15) is 4.79 Å². The molecule has 128 valence electrons. The van der Waals surface area contributed by atoms with Gasteiger partial charge in [-0.15, -0.1) is 10.2 Å². The molecule has 6 nitrogen and oxygen atoms in total. The highest BCUT2D eigenvalue weighted by molar-refractivity contribution is 7.99. The summed E-state index contributed by atoms with van der Waals surface area (Å²) in [7, 11) is 1.88. The number of aryl methyl sites for hydroxylation is 1. The van der Waals surface area contributed by atoms with Gasteiger partial charge in [0.05, 0.1) is 5.02 Å². The van der Waals surface area contributed by atoms with Crippen LogP contribution in [-0.4, -0.2) is 44.8 Å². The first kappa shape index (κ1) is 17.6. The number of carbonyl (C=O) groups excluding carboxylic acids is 1. The fourth-order valence-electron chi connectivity index (χ4n) is 2.31. The summed E-state index contributed by atoms with van der Waals surface area (Å²) in [6.07, 6.45) is 2.11. The Balaban J connectivity index is 1.59. The molecule has 1 fully saturated rings. The number of nitrogens with zero attached hydrogens (tertiary/aromatic N) is 3. The maximum atomic E-state index is 12.1. The van der Waals surface area contributed by atoms with Crippen molar-refractivity contribution in [2.24, 2.45) is 7.05 Å². The van der Waals surface area contributed by atoms with Gasteiger partial charge in [-0.1, -0.05) is 11.6 Å². The lowest BCUT2D eigenvalue weighted by Gasteiger charge is -2.22.